The molecule has 0 aromatic heterocycles. The number of hydrogen-bond donors (Lipinski definition) is 2. The van der Waals surface area contributed by atoms with Gasteiger partial charge in [-0.2, -0.15) is 0 Å². The van der Waals surface area contributed by atoms with Crippen LogP contribution in [-0.2, 0) is 9.53 Å². The number of urea groups is 1. The van der Waals surface area contributed by atoms with Gasteiger partial charge in [-0.1, -0.05) is 0 Å². The zero-order valence-corrected chi connectivity index (χ0v) is 11.4. The fourth-order valence-corrected chi connectivity index (χ4v) is 2.52. The van der Waals surface area contributed by atoms with Gasteiger partial charge in [0.2, 0.25) is 0 Å². The van der Waals surface area contributed by atoms with Crippen molar-refractivity contribution in [2.45, 2.75) is 24.4 Å². The zero-order valence-electron chi connectivity index (χ0n) is 11.4. The summed E-state index contributed by atoms with van der Waals surface area (Å²) in [5, 5.41) is 11.9. The van der Waals surface area contributed by atoms with Gasteiger partial charge in [0.25, 0.3) is 0 Å². The summed E-state index contributed by atoms with van der Waals surface area (Å²) in [5.41, 5.74) is -1.26. The Morgan fingerprint density at radius 3 is 2.68 bits per heavy atom. The Morgan fingerprint density at radius 2 is 2.21 bits per heavy atom. The fraction of sp³-hybridized carbons (Fsp3) is 0.833. The maximum atomic E-state index is 12.2. The van der Waals surface area contributed by atoms with E-state index in [9.17, 15) is 14.7 Å². The highest BCUT2D eigenvalue weighted by Gasteiger charge is 2.45. The lowest BCUT2D eigenvalue weighted by atomic mass is 9.99. The number of likely N-dealkylation sites (N-methyl/N-ethyl adjacent to an activating group) is 1. The highest BCUT2D eigenvalue weighted by atomic mass is 16.5. The number of amides is 2. The molecule has 2 N–H and O–H groups in total. The van der Waals surface area contributed by atoms with Crippen LogP contribution in [0.1, 0.15) is 12.8 Å². The predicted molar refractivity (Wildman–Crippen MR) is 68.0 cm³/mol. The van der Waals surface area contributed by atoms with Crippen molar-refractivity contribution < 1.29 is 19.4 Å². The summed E-state index contributed by atoms with van der Waals surface area (Å²) in [5.74, 6) is -1.03. The molecule has 0 spiro atoms. The van der Waals surface area contributed by atoms with E-state index in [1.54, 1.807) is 4.90 Å². The van der Waals surface area contributed by atoms with Gasteiger partial charge in [0, 0.05) is 32.2 Å². The van der Waals surface area contributed by atoms with Crippen LogP contribution in [-0.4, -0.2) is 78.9 Å². The van der Waals surface area contributed by atoms with E-state index in [2.05, 4.69) is 10.2 Å². The molecular formula is C12H21N3O4. The second-order valence-corrected chi connectivity index (χ2v) is 5.47. The van der Waals surface area contributed by atoms with E-state index in [-0.39, 0.29) is 12.6 Å². The lowest BCUT2D eigenvalue weighted by molar-refractivity contribution is -0.144. The van der Waals surface area contributed by atoms with Gasteiger partial charge in [-0.3, -0.25) is 0 Å². The van der Waals surface area contributed by atoms with Crippen molar-refractivity contribution >= 4 is 12.0 Å². The Balaban J connectivity index is 1.96. The molecule has 0 saturated carbocycles. The van der Waals surface area contributed by atoms with Crippen LogP contribution in [0.3, 0.4) is 0 Å². The minimum atomic E-state index is -1.26. The van der Waals surface area contributed by atoms with Crippen LogP contribution in [0.25, 0.3) is 0 Å². The van der Waals surface area contributed by atoms with Crippen LogP contribution >= 0.6 is 0 Å². The first kappa shape index (κ1) is 14.1. The third-order valence-electron chi connectivity index (χ3n) is 3.96. The molecule has 2 fully saturated rings. The Bertz CT molecular complexity index is 366. The lowest BCUT2D eigenvalue weighted by Crippen LogP contribution is -2.58. The van der Waals surface area contributed by atoms with E-state index in [1.165, 1.54) is 0 Å². The number of nitrogens with zero attached hydrogens (tertiary/aromatic N) is 2. The van der Waals surface area contributed by atoms with Gasteiger partial charge < -0.3 is 25.0 Å². The standard InChI is InChI=1S/C12H21N3O4/c1-14(2)9-3-5-15(7-9)11(18)13-12(10(16)17)4-6-19-8-12/h9H,3-8H2,1-2H3,(H,13,18)(H,16,17). The first-order chi connectivity index (χ1) is 8.94. The highest BCUT2D eigenvalue weighted by Crippen LogP contribution is 2.21. The van der Waals surface area contributed by atoms with Gasteiger partial charge in [0.05, 0.1) is 6.61 Å². The molecule has 0 aromatic carbocycles. The van der Waals surface area contributed by atoms with Crippen LogP contribution in [0.4, 0.5) is 4.79 Å². The van der Waals surface area contributed by atoms with Crippen molar-refractivity contribution in [3.63, 3.8) is 0 Å². The molecule has 0 bridgehead atoms. The second kappa shape index (κ2) is 5.34. The number of carboxylic acid groups (broad SMARTS) is 1. The quantitative estimate of drug-likeness (QED) is 0.728. The maximum Gasteiger partial charge on any atom is 0.332 e. The zero-order chi connectivity index (χ0) is 14.0. The Labute approximate surface area is 112 Å². The third kappa shape index (κ3) is 2.82. The number of rotatable bonds is 3. The van der Waals surface area contributed by atoms with Crippen molar-refractivity contribution in [1.29, 1.82) is 0 Å². The van der Waals surface area contributed by atoms with Gasteiger partial charge >= 0.3 is 12.0 Å². The van der Waals surface area contributed by atoms with E-state index >= 15 is 0 Å². The number of carbonyl (C=O) groups excluding carboxylic acids is 1. The smallest absolute Gasteiger partial charge is 0.332 e. The first-order valence-corrected chi connectivity index (χ1v) is 6.49. The van der Waals surface area contributed by atoms with Crippen LogP contribution in [0.15, 0.2) is 0 Å². The summed E-state index contributed by atoms with van der Waals surface area (Å²) < 4.78 is 5.12. The summed E-state index contributed by atoms with van der Waals surface area (Å²) in [6, 6.07) is 0.0311. The van der Waals surface area contributed by atoms with Crippen LogP contribution in [0.2, 0.25) is 0 Å². The normalized spacial score (nSPS) is 30.9. The average Bonchev–Trinajstić information content (AvgIpc) is 2.97. The number of nitrogens with one attached hydrogen (secondary N) is 1. The van der Waals surface area contributed by atoms with Crippen molar-refractivity contribution in [1.82, 2.24) is 15.1 Å². The van der Waals surface area contributed by atoms with Crippen LogP contribution < -0.4 is 5.32 Å². The lowest BCUT2D eigenvalue weighted by Gasteiger charge is -2.27. The van der Waals surface area contributed by atoms with Gasteiger partial charge in [-0.05, 0) is 20.5 Å². The molecule has 2 heterocycles. The first-order valence-electron chi connectivity index (χ1n) is 6.49. The molecule has 7 heteroatoms. The number of likely N-dealkylation sites (tertiary alicyclic amines) is 1. The number of ether oxygens (including phenoxy) is 1. The van der Waals surface area contributed by atoms with Gasteiger partial charge in [0.1, 0.15) is 0 Å². The second-order valence-electron chi connectivity index (χ2n) is 5.47. The summed E-state index contributed by atoms with van der Waals surface area (Å²) in [6.07, 6.45) is 1.23. The largest absolute Gasteiger partial charge is 0.479 e. The van der Waals surface area contributed by atoms with E-state index in [0.29, 0.717) is 32.2 Å². The molecule has 2 aliphatic rings. The third-order valence-corrected chi connectivity index (χ3v) is 3.96. The topological polar surface area (TPSA) is 82.1 Å². The molecule has 2 atom stereocenters. The predicted octanol–water partition coefficient (Wildman–Crippen LogP) is -0.424. The van der Waals surface area contributed by atoms with E-state index in [4.69, 9.17) is 4.74 Å². The Morgan fingerprint density at radius 1 is 1.47 bits per heavy atom. The Hall–Kier alpha value is -1.34. The average molecular weight is 271 g/mol. The summed E-state index contributed by atoms with van der Waals surface area (Å²) in [6.45, 7) is 1.70. The van der Waals surface area contributed by atoms with Crippen LogP contribution in [0, 0.1) is 0 Å². The summed E-state index contributed by atoms with van der Waals surface area (Å²) in [4.78, 5) is 27.2. The molecule has 2 unspecified atom stereocenters. The fourth-order valence-electron chi connectivity index (χ4n) is 2.52. The highest BCUT2D eigenvalue weighted by molar-refractivity contribution is 5.86. The van der Waals surface area contributed by atoms with E-state index < -0.39 is 11.5 Å². The molecular weight excluding hydrogens is 250 g/mol. The molecule has 0 aliphatic carbocycles. The van der Waals surface area contributed by atoms with Gasteiger partial charge in [0.15, 0.2) is 5.54 Å². The van der Waals surface area contributed by atoms with Crippen molar-refractivity contribution in [3.05, 3.63) is 0 Å². The number of carbonyl (C=O) groups is 2. The van der Waals surface area contributed by atoms with Gasteiger partial charge in [-0.25, -0.2) is 9.59 Å². The monoisotopic (exact) mass is 271 g/mol. The van der Waals surface area contributed by atoms with Crippen LogP contribution in [0.5, 0.6) is 0 Å². The molecule has 7 nitrogen and oxygen atoms in total. The maximum absolute atomic E-state index is 12.2. The molecule has 108 valence electrons. The number of carboxylic acids is 1. The minimum absolute atomic E-state index is 0.0407. The Kier molecular flexibility index (Phi) is 3.96. The number of aliphatic carboxylic acids is 1. The minimum Gasteiger partial charge on any atom is -0.479 e. The molecule has 2 saturated heterocycles. The van der Waals surface area contributed by atoms with E-state index in [0.717, 1.165) is 6.42 Å². The SMILES string of the molecule is CN(C)C1CCN(C(=O)NC2(C(=O)O)CCOC2)C1. The van der Waals surface area contributed by atoms with Crippen molar-refractivity contribution in [2.75, 3.05) is 40.4 Å². The van der Waals surface area contributed by atoms with Crippen molar-refractivity contribution in [3.8, 4) is 0 Å². The van der Waals surface area contributed by atoms with E-state index in [1.807, 2.05) is 14.1 Å². The van der Waals surface area contributed by atoms with Gasteiger partial charge in [-0.15, -0.1) is 0 Å². The molecule has 19 heavy (non-hydrogen) atoms. The molecule has 0 radical (unpaired) electrons. The summed E-state index contributed by atoms with van der Waals surface area (Å²) >= 11 is 0. The molecule has 0 aromatic rings. The molecule has 2 amide bonds. The molecule has 2 rings (SSSR count). The number of hydrogen-bond acceptors (Lipinski definition) is 4. The summed E-state index contributed by atoms with van der Waals surface area (Å²) in [7, 11) is 3.96. The molecule has 2 aliphatic heterocycles. The van der Waals surface area contributed by atoms with Crippen molar-refractivity contribution in [2.24, 2.45) is 0 Å².